The number of nitrogens with two attached hydrogens (primary N) is 1. The van der Waals surface area contributed by atoms with Crippen molar-refractivity contribution in [2.45, 2.75) is 52.0 Å². The fraction of sp³-hybridized carbons (Fsp3) is 0.688. The Kier molecular flexibility index (Phi) is 4.46. The molecule has 1 aromatic rings. The lowest BCUT2D eigenvalue weighted by Crippen LogP contribution is -2.34. The molecule has 1 heterocycles. The number of aromatic nitrogens is 1. The molecule has 3 heteroatoms. The molecule has 1 aliphatic rings. The van der Waals surface area contributed by atoms with E-state index in [0.29, 0.717) is 5.92 Å². The van der Waals surface area contributed by atoms with Crippen LogP contribution in [0.5, 0.6) is 5.75 Å². The molecule has 1 unspecified atom stereocenters. The maximum Gasteiger partial charge on any atom is 0.141 e. The summed E-state index contributed by atoms with van der Waals surface area (Å²) in [4.78, 5) is 4.50. The molecule has 1 aliphatic carbocycles. The van der Waals surface area contributed by atoms with Crippen LogP contribution in [0.2, 0.25) is 0 Å². The van der Waals surface area contributed by atoms with Gasteiger partial charge in [0.1, 0.15) is 5.75 Å². The summed E-state index contributed by atoms with van der Waals surface area (Å²) in [5.41, 5.74) is 7.75. The van der Waals surface area contributed by atoms with Crippen molar-refractivity contribution in [3.63, 3.8) is 0 Å². The van der Waals surface area contributed by atoms with E-state index in [9.17, 15) is 0 Å². The fourth-order valence-corrected chi connectivity index (χ4v) is 3.63. The van der Waals surface area contributed by atoms with Crippen LogP contribution in [0.4, 0.5) is 0 Å². The highest BCUT2D eigenvalue weighted by atomic mass is 16.5. The van der Waals surface area contributed by atoms with Gasteiger partial charge in [-0.25, -0.2) is 0 Å². The van der Waals surface area contributed by atoms with Crippen molar-refractivity contribution >= 4 is 0 Å². The van der Waals surface area contributed by atoms with Gasteiger partial charge in [-0.2, -0.15) is 0 Å². The van der Waals surface area contributed by atoms with Gasteiger partial charge in [-0.3, -0.25) is 4.98 Å². The average Bonchev–Trinajstić information content (AvgIpc) is 2.86. The lowest BCUT2D eigenvalue weighted by atomic mass is 9.71. The lowest BCUT2D eigenvalue weighted by molar-refractivity contribution is 0.178. The van der Waals surface area contributed by atoms with E-state index < -0.39 is 0 Å². The van der Waals surface area contributed by atoms with Crippen LogP contribution >= 0.6 is 0 Å². The highest BCUT2D eigenvalue weighted by Gasteiger charge is 2.42. The van der Waals surface area contributed by atoms with Gasteiger partial charge in [-0.05, 0) is 42.7 Å². The highest BCUT2D eigenvalue weighted by molar-refractivity contribution is 5.31. The molecule has 1 aromatic heterocycles. The van der Waals surface area contributed by atoms with Crippen molar-refractivity contribution in [3.05, 3.63) is 24.0 Å². The second-order valence-electron chi connectivity index (χ2n) is 6.24. The third-order valence-electron chi connectivity index (χ3n) is 4.39. The number of rotatable bonds is 5. The number of nitrogens with zero attached hydrogens (tertiary/aromatic N) is 1. The van der Waals surface area contributed by atoms with E-state index in [1.54, 1.807) is 7.11 Å². The van der Waals surface area contributed by atoms with Gasteiger partial charge in [-0.1, -0.05) is 26.7 Å². The molecule has 0 aliphatic heterocycles. The maximum atomic E-state index is 6.62. The molecule has 0 aromatic carbocycles. The summed E-state index contributed by atoms with van der Waals surface area (Å²) in [5.74, 6) is 1.49. The number of hydrogen-bond acceptors (Lipinski definition) is 3. The molecular weight excluding hydrogens is 236 g/mol. The topological polar surface area (TPSA) is 48.1 Å². The van der Waals surface area contributed by atoms with Crippen LogP contribution in [-0.4, -0.2) is 12.1 Å². The molecule has 1 saturated carbocycles. The smallest absolute Gasteiger partial charge is 0.141 e. The largest absolute Gasteiger partial charge is 0.495 e. The van der Waals surface area contributed by atoms with Crippen LogP contribution in [0.1, 0.15) is 57.7 Å². The van der Waals surface area contributed by atoms with E-state index in [1.807, 2.05) is 18.3 Å². The third kappa shape index (κ3) is 2.92. The zero-order valence-corrected chi connectivity index (χ0v) is 12.4. The summed E-state index contributed by atoms with van der Waals surface area (Å²) in [5, 5.41) is 0. The molecule has 0 radical (unpaired) electrons. The standard InChI is InChI=1S/C16H26N2O/c1-12(2)11-16(8-4-5-9-16)15(17)14-13(19-3)7-6-10-18-14/h6-7,10,12,15H,4-5,8-9,11,17H2,1-3H3. The van der Waals surface area contributed by atoms with Gasteiger partial charge in [-0.15, -0.1) is 0 Å². The van der Waals surface area contributed by atoms with E-state index in [2.05, 4.69) is 18.8 Å². The predicted molar refractivity (Wildman–Crippen MR) is 78.1 cm³/mol. The van der Waals surface area contributed by atoms with Crippen molar-refractivity contribution < 1.29 is 4.74 Å². The first-order valence-electron chi connectivity index (χ1n) is 7.33. The first-order valence-corrected chi connectivity index (χ1v) is 7.33. The first-order chi connectivity index (χ1) is 9.09. The highest BCUT2D eigenvalue weighted by Crippen LogP contribution is 2.51. The summed E-state index contributed by atoms with van der Waals surface area (Å²) >= 11 is 0. The number of methoxy groups -OCH3 is 1. The Balaban J connectivity index is 2.31. The predicted octanol–water partition coefficient (Wildman–Crippen LogP) is 3.70. The van der Waals surface area contributed by atoms with Crippen LogP contribution in [0.25, 0.3) is 0 Å². The lowest BCUT2D eigenvalue weighted by Gasteiger charge is -2.37. The molecule has 19 heavy (non-hydrogen) atoms. The second kappa shape index (κ2) is 5.91. The molecule has 2 N–H and O–H groups in total. The molecule has 1 fully saturated rings. The average molecular weight is 262 g/mol. The van der Waals surface area contributed by atoms with Gasteiger partial charge >= 0.3 is 0 Å². The molecule has 106 valence electrons. The van der Waals surface area contributed by atoms with Gasteiger partial charge in [0.2, 0.25) is 0 Å². The Morgan fingerprint density at radius 1 is 1.37 bits per heavy atom. The van der Waals surface area contributed by atoms with Gasteiger partial charge in [0.25, 0.3) is 0 Å². The van der Waals surface area contributed by atoms with E-state index in [-0.39, 0.29) is 11.5 Å². The van der Waals surface area contributed by atoms with Gasteiger partial charge in [0.15, 0.2) is 0 Å². The molecular formula is C16H26N2O. The van der Waals surface area contributed by atoms with Crippen molar-refractivity contribution in [2.75, 3.05) is 7.11 Å². The minimum absolute atomic E-state index is 0.0199. The summed E-state index contributed by atoms with van der Waals surface area (Å²) in [7, 11) is 1.69. The monoisotopic (exact) mass is 262 g/mol. The summed E-state index contributed by atoms with van der Waals surface area (Å²) < 4.78 is 5.43. The Morgan fingerprint density at radius 2 is 2.05 bits per heavy atom. The maximum absolute atomic E-state index is 6.62. The summed E-state index contributed by atoms with van der Waals surface area (Å²) in [6.07, 6.45) is 7.99. The SMILES string of the molecule is COc1cccnc1C(N)C1(CC(C)C)CCCC1. The Bertz CT molecular complexity index is 411. The summed E-state index contributed by atoms with van der Waals surface area (Å²) in [6.45, 7) is 4.56. The Hall–Kier alpha value is -1.09. The van der Waals surface area contributed by atoms with Crippen molar-refractivity contribution in [3.8, 4) is 5.75 Å². The van der Waals surface area contributed by atoms with E-state index >= 15 is 0 Å². The van der Waals surface area contributed by atoms with Gasteiger partial charge in [0.05, 0.1) is 18.8 Å². The van der Waals surface area contributed by atoms with Crippen LogP contribution in [0.15, 0.2) is 18.3 Å². The minimum Gasteiger partial charge on any atom is -0.495 e. The second-order valence-corrected chi connectivity index (χ2v) is 6.24. The normalized spacial score (nSPS) is 19.6. The molecule has 0 spiro atoms. The molecule has 0 amide bonds. The van der Waals surface area contributed by atoms with Crippen LogP contribution in [0.3, 0.4) is 0 Å². The van der Waals surface area contributed by atoms with Crippen LogP contribution in [-0.2, 0) is 0 Å². The Morgan fingerprint density at radius 3 is 2.63 bits per heavy atom. The number of ether oxygens (including phenoxy) is 1. The number of pyridine rings is 1. The molecule has 1 atom stereocenters. The van der Waals surface area contributed by atoms with Gasteiger partial charge in [0, 0.05) is 6.20 Å². The van der Waals surface area contributed by atoms with E-state index in [4.69, 9.17) is 10.5 Å². The fourth-order valence-electron chi connectivity index (χ4n) is 3.63. The van der Waals surface area contributed by atoms with Crippen LogP contribution in [0, 0.1) is 11.3 Å². The van der Waals surface area contributed by atoms with Crippen molar-refractivity contribution in [1.82, 2.24) is 4.98 Å². The summed E-state index contributed by atoms with van der Waals surface area (Å²) in [6, 6.07) is 3.84. The zero-order chi connectivity index (χ0) is 13.9. The molecule has 3 nitrogen and oxygen atoms in total. The van der Waals surface area contributed by atoms with E-state index in [0.717, 1.165) is 11.4 Å². The Labute approximate surface area is 116 Å². The van der Waals surface area contributed by atoms with Crippen molar-refractivity contribution in [2.24, 2.45) is 17.1 Å². The van der Waals surface area contributed by atoms with E-state index in [1.165, 1.54) is 32.1 Å². The molecule has 0 bridgehead atoms. The minimum atomic E-state index is -0.0199. The number of hydrogen-bond donors (Lipinski definition) is 1. The third-order valence-corrected chi connectivity index (χ3v) is 4.39. The zero-order valence-electron chi connectivity index (χ0n) is 12.4. The first kappa shape index (κ1) is 14.3. The van der Waals surface area contributed by atoms with Crippen molar-refractivity contribution in [1.29, 1.82) is 0 Å². The van der Waals surface area contributed by atoms with Gasteiger partial charge < -0.3 is 10.5 Å². The quantitative estimate of drug-likeness (QED) is 0.880. The molecule has 0 saturated heterocycles. The molecule has 2 rings (SSSR count). The van der Waals surface area contributed by atoms with Crippen LogP contribution < -0.4 is 10.5 Å².